The summed E-state index contributed by atoms with van der Waals surface area (Å²) < 4.78 is 23.7. The van der Waals surface area contributed by atoms with Crippen LogP contribution in [0.25, 0.3) is 0 Å². The average molecular weight is 240 g/mol. The molecule has 1 heterocycles. The molecule has 0 spiro atoms. The van der Waals surface area contributed by atoms with Crippen molar-refractivity contribution in [1.29, 1.82) is 0 Å². The number of rotatable bonds is 2. The van der Waals surface area contributed by atoms with Crippen molar-refractivity contribution in [3.8, 4) is 0 Å². The van der Waals surface area contributed by atoms with Crippen LogP contribution in [0.5, 0.6) is 0 Å². The summed E-state index contributed by atoms with van der Waals surface area (Å²) in [6.45, 7) is 0. The van der Waals surface area contributed by atoms with Crippen molar-refractivity contribution in [2.75, 3.05) is 5.75 Å². The molecule has 2 atom stereocenters. The first-order valence-corrected chi connectivity index (χ1v) is 7.27. The van der Waals surface area contributed by atoms with Gasteiger partial charge in [0.2, 0.25) is 0 Å². The molecule has 4 heteroatoms. The highest BCUT2D eigenvalue weighted by Crippen LogP contribution is 2.30. The minimum absolute atomic E-state index is 0.210. The Hall–Kier alpha value is -0.870. The Morgan fingerprint density at radius 2 is 1.88 bits per heavy atom. The van der Waals surface area contributed by atoms with E-state index in [1.54, 1.807) is 12.1 Å². The van der Waals surface area contributed by atoms with E-state index in [4.69, 9.17) is 0 Å². The molecule has 0 radical (unpaired) electrons. The van der Waals surface area contributed by atoms with E-state index >= 15 is 0 Å². The summed E-state index contributed by atoms with van der Waals surface area (Å²) in [4.78, 5) is 0. The molecule has 1 aliphatic rings. The summed E-state index contributed by atoms with van der Waals surface area (Å²) in [5.41, 5.74) is 0.693. The lowest BCUT2D eigenvalue weighted by Gasteiger charge is -2.26. The van der Waals surface area contributed by atoms with E-state index in [2.05, 4.69) is 0 Å². The van der Waals surface area contributed by atoms with Crippen molar-refractivity contribution in [2.24, 2.45) is 0 Å². The molecule has 1 aromatic rings. The second-order valence-electron chi connectivity index (χ2n) is 4.26. The van der Waals surface area contributed by atoms with Crippen LogP contribution in [0, 0.1) is 0 Å². The molecule has 1 aromatic carbocycles. The first kappa shape index (κ1) is 11.6. The molecule has 0 bridgehead atoms. The summed E-state index contributed by atoms with van der Waals surface area (Å²) in [5.74, 6) is 0.210. The Morgan fingerprint density at radius 3 is 2.50 bits per heavy atom. The molecule has 0 amide bonds. The Labute approximate surface area is 96.0 Å². The van der Waals surface area contributed by atoms with Crippen LogP contribution >= 0.6 is 0 Å². The molecule has 0 aliphatic carbocycles. The van der Waals surface area contributed by atoms with Gasteiger partial charge >= 0.3 is 0 Å². The number of sulfone groups is 1. The second kappa shape index (κ2) is 4.55. The van der Waals surface area contributed by atoms with Crippen molar-refractivity contribution >= 4 is 9.84 Å². The highest BCUT2D eigenvalue weighted by Gasteiger charge is 2.35. The average Bonchev–Trinajstić information content (AvgIpc) is 2.29. The highest BCUT2D eigenvalue weighted by atomic mass is 32.2. The zero-order valence-corrected chi connectivity index (χ0v) is 9.86. The minimum Gasteiger partial charge on any atom is -0.387 e. The lowest BCUT2D eigenvalue weighted by Crippen LogP contribution is -2.33. The van der Waals surface area contributed by atoms with E-state index in [9.17, 15) is 13.5 Å². The lowest BCUT2D eigenvalue weighted by molar-refractivity contribution is 0.164. The Bertz CT molecular complexity index is 439. The predicted molar refractivity (Wildman–Crippen MR) is 62.8 cm³/mol. The molecule has 1 aliphatic heterocycles. The quantitative estimate of drug-likeness (QED) is 0.855. The number of aliphatic hydroxyl groups is 1. The highest BCUT2D eigenvalue weighted by molar-refractivity contribution is 7.92. The fraction of sp³-hybridized carbons (Fsp3) is 0.500. The summed E-state index contributed by atoms with van der Waals surface area (Å²) in [6.07, 6.45) is 1.29. The lowest BCUT2D eigenvalue weighted by atomic mass is 10.0. The van der Waals surface area contributed by atoms with Gasteiger partial charge in [-0.1, -0.05) is 36.8 Å². The summed E-state index contributed by atoms with van der Waals surface area (Å²) >= 11 is 0. The molecule has 1 fully saturated rings. The molecule has 3 nitrogen and oxygen atoms in total. The zero-order valence-electron chi connectivity index (χ0n) is 9.04. The van der Waals surface area contributed by atoms with Crippen LogP contribution in [0.1, 0.15) is 30.9 Å². The van der Waals surface area contributed by atoms with Crippen molar-refractivity contribution < 1.29 is 13.5 Å². The largest absolute Gasteiger partial charge is 0.387 e. The maximum atomic E-state index is 11.8. The van der Waals surface area contributed by atoms with Crippen molar-refractivity contribution in [1.82, 2.24) is 0 Å². The van der Waals surface area contributed by atoms with Crippen molar-refractivity contribution in [3.05, 3.63) is 35.9 Å². The summed E-state index contributed by atoms with van der Waals surface area (Å²) in [7, 11) is -3.12. The van der Waals surface area contributed by atoms with Gasteiger partial charge in [-0.25, -0.2) is 8.42 Å². The van der Waals surface area contributed by atoms with E-state index in [-0.39, 0.29) is 5.75 Å². The molecule has 1 N–H and O–H groups in total. The van der Waals surface area contributed by atoms with Crippen LogP contribution in [-0.2, 0) is 9.84 Å². The van der Waals surface area contributed by atoms with Gasteiger partial charge in [-0.3, -0.25) is 0 Å². The third-order valence-electron chi connectivity index (χ3n) is 3.12. The number of aliphatic hydroxyl groups excluding tert-OH is 1. The van der Waals surface area contributed by atoms with Crippen LogP contribution in [-0.4, -0.2) is 24.5 Å². The third-order valence-corrected chi connectivity index (χ3v) is 5.40. The molecular weight excluding hydrogens is 224 g/mol. The van der Waals surface area contributed by atoms with Gasteiger partial charge in [0.1, 0.15) is 0 Å². The van der Waals surface area contributed by atoms with E-state index in [0.29, 0.717) is 12.0 Å². The van der Waals surface area contributed by atoms with Crippen LogP contribution in [0.4, 0.5) is 0 Å². The zero-order chi connectivity index (χ0) is 11.6. The minimum atomic E-state index is -3.12. The number of hydrogen-bond acceptors (Lipinski definition) is 3. The van der Waals surface area contributed by atoms with Crippen LogP contribution in [0.3, 0.4) is 0 Å². The van der Waals surface area contributed by atoms with Gasteiger partial charge in [-0.2, -0.15) is 0 Å². The van der Waals surface area contributed by atoms with Crippen molar-refractivity contribution in [3.63, 3.8) is 0 Å². The summed E-state index contributed by atoms with van der Waals surface area (Å²) in [6, 6.07) is 9.02. The molecule has 0 saturated carbocycles. The maximum absolute atomic E-state index is 11.8. The Balaban J connectivity index is 2.24. The number of benzene rings is 1. The van der Waals surface area contributed by atoms with E-state index in [1.807, 2.05) is 18.2 Å². The molecule has 16 heavy (non-hydrogen) atoms. The first-order chi connectivity index (χ1) is 7.61. The summed E-state index contributed by atoms with van der Waals surface area (Å²) in [5, 5.41) is 9.48. The SMILES string of the molecule is O=S1(=O)CCCCC1C(O)c1ccccc1. The molecule has 2 rings (SSSR count). The Morgan fingerprint density at radius 1 is 1.19 bits per heavy atom. The third kappa shape index (κ3) is 2.28. The fourth-order valence-corrected chi connectivity index (χ4v) is 4.18. The van der Waals surface area contributed by atoms with Crippen LogP contribution < -0.4 is 0 Å². The first-order valence-electron chi connectivity index (χ1n) is 5.56. The standard InChI is InChI=1S/C12H16O3S/c13-12(10-6-2-1-3-7-10)11-8-4-5-9-16(11,14)15/h1-3,6-7,11-13H,4-5,8-9H2. The van der Waals surface area contributed by atoms with Crippen LogP contribution in [0.15, 0.2) is 30.3 Å². The van der Waals surface area contributed by atoms with Gasteiger partial charge in [0.05, 0.1) is 17.1 Å². The van der Waals surface area contributed by atoms with Gasteiger partial charge in [0.15, 0.2) is 9.84 Å². The van der Waals surface area contributed by atoms with Gasteiger partial charge in [0, 0.05) is 0 Å². The molecule has 88 valence electrons. The smallest absolute Gasteiger partial charge is 0.156 e. The molecule has 2 unspecified atom stereocenters. The monoisotopic (exact) mass is 240 g/mol. The van der Waals surface area contributed by atoms with E-state index in [0.717, 1.165) is 12.8 Å². The topological polar surface area (TPSA) is 54.4 Å². The van der Waals surface area contributed by atoms with Crippen molar-refractivity contribution in [2.45, 2.75) is 30.6 Å². The Kier molecular flexibility index (Phi) is 3.30. The maximum Gasteiger partial charge on any atom is 0.156 e. The van der Waals surface area contributed by atoms with Crippen LogP contribution in [0.2, 0.25) is 0 Å². The van der Waals surface area contributed by atoms with Gasteiger partial charge < -0.3 is 5.11 Å². The normalized spacial score (nSPS) is 26.2. The van der Waals surface area contributed by atoms with Gasteiger partial charge in [-0.05, 0) is 18.4 Å². The number of hydrogen-bond donors (Lipinski definition) is 1. The predicted octanol–water partition coefficient (Wildman–Crippen LogP) is 1.69. The van der Waals surface area contributed by atoms with Gasteiger partial charge in [0.25, 0.3) is 0 Å². The van der Waals surface area contributed by atoms with E-state index < -0.39 is 21.2 Å². The van der Waals surface area contributed by atoms with Gasteiger partial charge in [-0.15, -0.1) is 0 Å². The fourth-order valence-electron chi connectivity index (χ4n) is 2.20. The molecule has 0 aromatic heterocycles. The molecule has 1 saturated heterocycles. The molecular formula is C12H16O3S. The second-order valence-corrected chi connectivity index (χ2v) is 6.60. The van der Waals surface area contributed by atoms with E-state index in [1.165, 1.54) is 0 Å².